The largest absolute Gasteiger partial charge is 0.305 e. The van der Waals surface area contributed by atoms with Crippen LogP contribution < -0.4 is 0 Å². The molecule has 0 aromatic heterocycles. The van der Waals surface area contributed by atoms with Crippen molar-refractivity contribution >= 4 is 17.8 Å². The van der Waals surface area contributed by atoms with Crippen LogP contribution in [0, 0.1) is 5.41 Å². The molecule has 0 aliphatic carbocycles. The Labute approximate surface area is 95.8 Å². The van der Waals surface area contributed by atoms with E-state index in [9.17, 15) is 4.79 Å². The molecule has 1 saturated heterocycles. The number of nitrogens with zero attached hydrogens (tertiary/aromatic N) is 4. The molecule has 5 heteroatoms. The molecule has 16 heavy (non-hydrogen) atoms. The standard InChI is InChI=1S/C11H18N4O/c1-12-6-5-11-8-14(2)7-4-9(11)13-15(3)10(11)16/h6H,4-5,7-8H2,1-3H3. The second kappa shape index (κ2) is 3.97. The van der Waals surface area contributed by atoms with E-state index >= 15 is 0 Å². The highest BCUT2D eigenvalue weighted by atomic mass is 16.2. The van der Waals surface area contributed by atoms with Crippen LogP contribution in [0.3, 0.4) is 0 Å². The van der Waals surface area contributed by atoms with Crippen molar-refractivity contribution < 1.29 is 4.79 Å². The Morgan fingerprint density at radius 1 is 1.56 bits per heavy atom. The Hall–Kier alpha value is -1.23. The fraction of sp³-hybridized carbons (Fsp3) is 0.727. The molecule has 2 rings (SSSR count). The first-order chi connectivity index (χ1) is 7.60. The van der Waals surface area contributed by atoms with Crippen LogP contribution in [0.2, 0.25) is 0 Å². The first kappa shape index (κ1) is 11.3. The number of fused-ring (bicyclic) bond motifs is 1. The van der Waals surface area contributed by atoms with Crippen LogP contribution in [0.25, 0.3) is 0 Å². The summed E-state index contributed by atoms with van der Waals surface area (Å²) in [6.07, 6.45) is 3.37. The molecule has 5 nitrogen and oxygen atoms in total. The van der Waals surface area contributed by atoms with Gasteiger partial charge in [0.2, 0.25) is 0 Å². The molecule has 2 heterocycles. The van der Waals surface area contributed by atoms with Crippen LogP contribution in [-0.4, -0.2) is 62.0 Å². The zero-order valence-corrected chi connectivity index (χ0v) is 10.1. The van der Waals surface area contributed by atoms with Crippen molar-refractivity contribution in [1.29, 1.82) is 0 Å². The van der Waals surface area contributed by atoms with Crippen molar-refractivity contribution in [3.63, 3.8) is 0 Å². The van der Waals surface area contributed by atoms with Crippen molar-refractivity contribution in [2.24, 2.45) is 15.5 Å². The van der Waals surface area contributed by atoms with Gasteiger partial charge in [-0.15, -0.1) is 0 Å². The molecule has 0 N–H and O–H groups in total. The minimum absolute atomic E-state index is 0.106. The SMILES string of the molecule is CN=CCC12CN(C)CCC1=NN(C)C2=O. The average Bonchev–Trinajstić information content (AvgIpc) is 2.50. The first-order valence-corrected chi connectivity index (χ1v) is 5.55. The Kier molecular flexibility index (Phi) is 2.80. The third-order valence-corrected chi connectivity index (χ3v) is 3.42. The maximum atomic E-state index is 12.2. The zero-order chi connectivity index (χ0) is 11.8. The van der Waals surface area contributed by atoms with Crippen LogP contribution in [0.5, 0.6) is 0 Å². The maximum Gasteiger partial charge on any atom is 0.256 e. The topological polar surface area (TPSA) is 48.3 Å². The molecular formula is C11H18N4O. The molecule has 2 aliphatic heterocycles. The van der Waals surface area contributed by atoms with E-state index in [4.69, 9.17) is 0 Å². The highest BCUT2D eigenvalue weighted by Crippen LogP contribution is 2.36. The van der Waals surface area contributed by atoms with Gasteiger partial charge in [0.1, 0.15) is 5.41 Å². The third-order valence-electron chi connectivity index (χ3n) is 3.42. The molecular weight excluding hydrogens is 204 g/mol. The summed E-state index contributed by atoms with van der Waals surface area (Å²) in [5, 5.41) is 5.85. The molecule has 1 amide bonds. The fourth-order valence-electron chi connectivity index (χ4n) is 2.56. The lowest BCUT2D eigenvalue weighted by atomic mass is 9.75. The minimum Gasteiger partial charge on any atom is -0.305 e. The van der Waals surface area contributed by atoms with Gasteiger partial charge >= 0.3 is 0 Å². The van der Waals surface area contributed by atoms with Crippen LogP contribution in [0.15, 0.2) is 10.1 Å². The number of rotatable bonds is 2. The van der Waals surface area contributed by atoms with Crippen molar-refractivity contribution in [2.75, 3.05) is 34.2 Å². The second-order valence-corrected chi connectivity index (χ2v) is 4.59. The summed E-state index contributed by atoms with van der Waals surface area (Å²) < 4.78 is 0. The van der Waals surface area contributed by atoms with Gasteiger partial charge in [0.15, 0.2) is 0 Å². The number of hydrogen-bond donors (Lipinski definition) is 0. The lowest BCUT2D eigenvalue weighted by Gasteiger charge is -2.36. The second-order valence-electron chi connectivity index (χ2n) is 4.59. The van der Waals surface area contributed by atoms with Gasteiger partial charge in [-0.1, -0.05) is 0 Å². The van der Waals surface area contributed by atoms with Gasteiger partial charge in [0, 0.05) is 40.0 Å². The lowest BCUT2D eigenvalue weighted by Crippen LogP contribution is -2.51. The Bertz CT molecular complexity index is 363. The van der Waals surface area contributed by atoms with Crippen LogP contribution >= 0.6 is 0 Å². The Balaban J connectivity index is 2.33. The van der Waals surface area contributed by atoms with Crippen molar-refractivity contribution in [2.45, 2.75) is 12.8 Å². The quantitative estimate of drug-likeness (QED) is 0.628. The summed E-state index contributed by atoms with van der Waals surface area (Å²) in [5.74, 6) is 0.106. The summed E-state index contributed by atoms with van der Waals surface area (Å²) >= 11 is 0. The van der Waals surface area contributed by atoms with Gasteiger partial charge in [0.05, 0.1) is 5.71 Å². The Morgan fingerprint density at radius 3 is 3.00 bits per heavy atom. The van der Waals surface area contributed by atoms with Crippen molar-refractivity contribution in [3.8, 4) is 0 Å². The van der Waals surface area contributed by atoms with Gasteiger partial charge < -0.3 is 9.89 Å². The summed E-state index contributed by atoms with van der Waals surface area (Å²) in [4.78, 5) is 18.4. The molecule has 1 fully saturated rings. The number of hydrogen-bond acceptors (Lipinski definition) is 4. The van der Waals surface area contributed by atoms with Gasteiger partial charge in [-0.2, -0.15) is 5.10 Å². The predicted molar refractivity (Wildman–Crippen MR) is 63.8 cm³/mol. The summed E-state index contributed by atoms with van der Waals surface area (Å²) in [6, 6.07) is 0. The van der Waals surface area contributed by atoms with E-state index in [1.165, 1.54) is 5.01 Å². The van der Waals surface area contributed by atoms with Gasteiger partial charge in [0.25, 0.3) is 5.91 Å². The maximum absolute atomic E-state index is 12.2. The molecule has 0 bridgehead atoms. The predicted octanol–water partition coefficient (Wildman–Crippen LogP) is 0.227. The molecule has 0 radical (unpaired) electrons. The van der Waals surface area contributed by atoms with Gasteiger partial charge in [-0.05, 0) is 13.3 Å². The minimum atomic E-state index is -0.443. The van der Waals surface area contributed by atoms with E-state index in [0.717, 1.165) is 25.2 Å². The Morgan fingerprint density at radius 2 is 2.31 bits per heavy atom. The van der Waals surface area contributed by atoms with E-state index in [-0.39, 0.29) is 5.91 Å². The monoisotopic (exact) mass is 222 g/mol. The number of piperidine rings is 1. The molecule has 1 atom stereocenters. The molecule has 1 unspecified atom stereocenters. The molecule has 88 valence electrons. The molecule has 0 spiro atoms. The third kappa shape index (κ3) is 1.55. The first-order valence-electron chi connectivity index (χ1n) is 5.55. The fourth-order valence-corrected chi connectivity index (χ4v) is 2.56. The molecule has 0 aromatic rings. The molecule has 0 saturated carbocycles. The lowest BCUT2D eigenvalue weighted by molar-refractivity contribution is -0.135. The normalized spacial score (nSPS) is 31.1. The van der Waals surface area contributed by atoms with E-state index in [1.54, 1.807) is 14.1 Å². The smallest absolute Gasteiger partial charge is 0.256 e. The molecule has 0 aromatic carbocycles. The number of carbonyl (C=O) groups is 1. The zero-order valence-electron chi connectivity index (χ0n) is 10.1. The highest BCUT2D eigenvalue weighted by Gasteiger charge is 2.51. The van der Waals surface area contributed by atoms with E-state index < -0.39 is 5.41 Å². The average molecular weight is 222 g/mol. The van der Waals surface area contributed by atoms with Crippen LogP contribution in [0.1, 0.15) is 12.8 Å². The number of amides is 1. The highest BCUT2D eigenvalue weighted by molar-refractivity contribution is 6.14. The summed E-state index contributed by atoms with van der Waals surface area (Å²) in [6.45, 7) is 1.73. The number of hydrazone groups is 1. The van der Waals surface area contributed by atoms with Gasteiger partial charge in [-0.25, -0.2) is 5.01 Å². The number of aliphatic imine (C=N–C) groups is 1. The van der Waals surface area contributed by atoms with Crippen molar-refractivity contribution in [3.05, 3.63) is 0 Å². The van der Waals surface area contributed by atoms with E-state index in [2.05, 4.69) is 15.0 Å². The van der Waals surface area contributed by atoms with Crippen LogP contribution in [-0.2, 0) is 4.79 Å². The van der Waals surface area contributed by atoms with Crippen LogP contribution in [0.4, 0.5) is 0 Å². The summed E-state index contributed by atoms with van der Waals surface area (Å²) in [5.41, 5.74) is 0.583. The molecule has 2 aliphatic rings. The van der Waals surface area contributed by atoms with Gasteiger partial charge in [-0.3, -0.25) is 4.79 Å². The number of likely N-dealkylation sites (tertiary alicyclic amines) is 1. The van der Waals surface area contributed by atoms with E-state index in [1.807, 2.05) is 13.3 Å². The van der Waals surface area contributed by atoms with E-state index in [0.29, 0.717) is 6.42 Å². The summed E-state index contributed by atoms with van der Waals surface area (Å²) in [7, 11) is 5.52. The van der Waals surface area contributed by atoms with Crippen molar-refractivity contribution in [1.82, 2.24) is 9.91 Å². The number of carbonyl (C=O) groups excluding carboxylic acids is 1.